The number of carbonyl (C=O) groups is 1. The zero-order chi connectivity index (χ0) is 12.6. The van der Waals surface area contributed by atoms with Crippen molar-refractivity contribution >= 4 is 18.5 Å². The molecule has 0 radical (unpaired) electrons. The number of phenols is 1. The Bertz CT molecular complexity index is 470. The van der Waals surface area contributed by atoms with Crippen LogP contribution >= 0.6 is 12.4 Å². The van der Waals surface area contributed by atoms with Crippen LogP contribution < -0.4 is 5.32 Å². The Balaban J connectivity index is 0.00000162. The quantitative estimate of drug-likeness (QED) is 0.832. The number of rotatable bonds is 1. The van der Waals surface area contributed by atoms with Crippen LogP contribution in [0.1, 0.15) is 11.6 Å². The number of benzene rings is 1. The fourth-order valence-corrected chi connectivity index (χ4v) is 1.57. The van der Waals surface area contributed by atoms with E-state index in [1.807, 2.05) is 5.32 Å². The Kier molecular flexibility index (Phi) is 3.95. The number of cyclic esters (lactones) is 1. The highest BCUT2D eigenvalue weighted by molar-refractivity contribution is 5.85. The summed E-state index contributed by atoms with van der Waals surface area (Å²) < 4.78 is 44.0. The number of alkyl carbamates (subject to hydrolysis) is 1. The molecule has 0 saturated carbocycles. The fraction of sp³-hybridized carbons (Fsp3) is 0.300. The van der Waals surface area contributed by atoms with Gasteiger partial charge in [0, 0.05) is 5.56 Å². The van der Waals surface area contributed by atoms with Crippen LogP contribution in [0.5, 0.6) is 5.75 Å². The van der Waals surface area contributed by atoms with Gasteiger partial charge in [-0.2, -0.15) is 0 Å². The second-order valence-corrected chi connectivity index (χ2v) is 3.62. The molecule has 1 fully saturated rings. The van der Waals surface area contributed by atoms with E-state index in [4.69, 9.17) is 0 Å². The van der Waals surface area contributed by atoms with Gasteiger partial charge in [0.1, 0.15) is 17.6 Å². The topological polar surface area (TPSA) is 58.6 Å². The van der Waals surface area contributed by atoms with Gasteiger partial charge in [-0.05, 0) is 18.2 Å². The molecule has 0 spiro atoms. The van der Waals surface area contributed by atoms with Crippen molar-refractivity contribution in [2.24, 2.45) is 0 Å². The van der Waals surface area contributed by atoms with Crippen molar-refractivity contribution in [2.75, 3.05) is 6.61 Å². The molecule has 0 bridgehead atoms. The molecule has 0 aliphatic carbocycles. The maximum absolute atomic E-state index is 13.5. The summed E-state index contributed by atoms with van der Waals surface area (Å²) in [5, 5.41) is 11.3. The lowest BCUT2D eigenvalue weighted by Crippen LogP contribution is -2.49. The molecule has 1 aromatic carbocycles. The fourth-order valence-electron chi connectivity index (χ4n) is 1.57. The van der Waals surface area contributed by atoms with Gasteiger partial charge in [-0.3, -0.25) is 0 Å². The summed E-state index contributed by atoms with van der Waals surface area (Å²) in [7, 11) is 0. The van der Waals surface area contributed by atoms with E-state index < -0.39 is 36.2 Å². The Labute approximate surface area is 106 Å². The minimum absolute atomic E-state index is 0. The van der Waals surface area contributed by atoms with Gasteiger partial charge in [0.05, 0.1) is 0 Å². The average Bonchev–Trinajstić information content (AvgIpc) is 2.26. The summed E-state index contributed by atoms with van der Waals surface area (Å²) in [5.41, 5.74) is -0.383. The van der Waals surface area contributed by atoms with Crippen LogP contribution in [0.4, 0.5) is 18.0 Å². The Hall–Kier alpha value is -1.63. The first kappa shape index (κ1) is 14.4. The minimum Gasteiger partial charge on any atom is -0.508 e. The van der Waals surface area contributed by atoms with Crippen LogP contribution in [-0.4, -0.2) is 23.7 Å². The number of ether oxygens (including phenoxy) is 1. The maximum atomic E-state index is 13.5. The number of aromatic hydroxyl groups is 1. The molecule has 8 heteroatoms. The second-order valence-electron chi connectivity index (χ2n) is 3.62. The molecule has 1 aliphatic heterocycles. The third kappa shape index (κ3) is 2.61. The molecule has 1 aliphatic rings. The van der Waals surface area contributed by atoms with Gasteiger partial charge in [-0.15, -0.1) is 12.4 Å². The summed E-state index contributed by atoms with van der Waals surface area (Å²) in [4.78, 5) is 10.9. The van der Waals surface area contributed by atoms with Crippen LogP contribution in [-0.2, 0) is 4.74 Å². The standard InChI is InChI=1S/C10H8F3NO3.ClH/c11-5-1-2-7(15)6(3-5)8-10(12,13)4-17-9(16)14-8;/h1-3,8,15H,4H2,(H,14,16);1H/t8-;/m0./s1. The number of nitrogens with one attached hydrogen (secondary N) is 1. The predicted octanol–water partition coefficient (Wildman–Crippen LogP) is 2.37. The number of hydrogen-bond acceptors (Lipinski definition) is 3. The highest BCUT2D eigenvalue weighted by Crippen LogP contribution is 2.38. The van der Waals surface area contributed by atoms with Crippen LogP contribution in [0.15, 0.2) is 18.2 Å². The lowest BCUT2D eigenvalue weighted by atomic mass is 9.99. The van der Waals surface area contributed by atoms with Crippen molar-refractivity contribution < 1.29 is 27.8 Å². The van der Waals surface area contributed by atoms with Crippen molar-refractivity contribution in [1.82, 2.24) is 5.32 Å². The highest BCUT2D eigenvalue weighted by Gasteiger charge is 2.47. The van der Waals surface area contributed by atoms with Crippen molar-refractivity contribution in [2.45, 2.75) is 12.0 Å². The van der Waals surface area contributed by atoms with Gasteiger partial charge in [0.2, 0.25) is 0 Å². The number of hydrogen-bond donors (Lipinski definition) is 2. The first-order chi connectivity index (χ1) is 7.90. The van der Waals surface area contributed by atoms with E-state index in [1.54, 1.807) is 0 Å². The van der Waals surface area contributed by atoms with Gasteiger partial charge in [-0.25, -0.2) is 18.0 Å². The normalized spacial score (nSPS) is 21.5. The van der Waals surface area contributed by atoms with Crippen molar-refractivity contribution in [3.05, 3.63) is 29.6 Å². The molecule has 0 aromatic heterocycles. The summed E-state index contributed by atoms with van der Waals surface area (Å²) in [5.74, 6) is -4.72. The smallest absolute Gasteiger partial charge is 0.408 e. The summed E-state index contributed by atoms with van der Waals surface area (Å²) >= 11 is 0. The molecule has 4 nitrogen and oxygen atoms in total. The zero-order valence-electron chi connectivity index (χ0n) is 8.82. The first-order valence-corrected chi connectivity index (χ1v) is 4.70. The van der Waals surface area contributed by atoms with E-state index in [0.29, 0.717) is 0 Å². The van der Waals surface area contributed by atoms with Crippen LogP contribution in [0.25, 0.3) is 0 Å². The summed E-state index contributed by atoms with van der Waals surface area (Å²) in [6.45, 7) is -1.11. The molecule has 1 aromatic rings. The Morgan fingerprint density at radius 1 is 1.44 bits per heavy atom. The minimum atomic E-state index is -3.42. The summed E-state index contributed by atoms with van der Waals surface area (Å²) in [6.07, 6.45) is -1.04. The van der Waals surface area contributed by atoms with Gasteiger partial charge in [0.15, 0.2) is 6.61 Å². The molecular weight excluding hydrogens is 275 g/mol. The first-order valence-electron chi connectivity index (χ1n) is 4.70. The van der Waals surface area contributed by atoms with Crippen LogP contribution in [0, 0.1) is 5.82 Å². The molecule has 2 rings (SSSR count). The monoisotopic (exact) mass is 283 g/mol. The van der Waals surface area contributed by atoms with E-state index in [-0.39, 0.29) is 18.0 Å². The second kappa shape index (κ2) is 4.93. The van der Waals surface area contributed by atoms with Crippen molar-refractivity contribution in [1.29, 1.82) is 0 Å². The zero-order valence-corrected chi connectivity index (χ0v) is 9.64. The Morgan fingerprint density at radius 3 is 2.78 bits per heavy atom. The number of phenolic OH excluding ortho intramolecular Hbond substituents is 1. The Morgan fingerprint density at radius 2 is 2.11 bits per heavy atom. The molecule has 1 atom stereocenters. The van der Waals surface area contributed by atoms with Gasteiger partial charge in [0.25, 0.3) is 0 Å². The van der Waals surface area contributed by atoms with E-state index in [9.17, 15) is 23.1 Å². The van der Waals surface area contributed by atoms with Gasteiger partial charge < -0.3 is 15.2 Å². The predicted molar refractivity (Wildman–Crippen MR) is 57.5 cm³/mol. The lowest BCUT2D eigenvalue weighted by Gasteiger charge is -2.32. The van der Waals surface area contributed by atoms with Crippen molar-refractivity contribution in [3.63, 3.8) is 0 Å². The molecule has 1 heterocycles. The van der Waals surface area contributed by atoms with Crippen LogP contribution in [0.3, 0.4) is 0 Å². The largest absolute Gasteiger partial charge is 0.508 e. The molecular formula is C10H9ClF3NO3. The number of amides is 1. The average molecular weight is 284 g/mol. The molecule has 2 N–H and O–H groups in total. The number of carbonyl (C=O) groups excluding carboxylic acids is 1. The molecule has 0 unspecified atom stereocenters. The highest BCUT2D eigenvalue weighted by atomic mass is 35.5. The van der Waals surface area contributed by atoms with Gasteiger partial charge in [-0.1, -0.05) is 0 Å². The van der Waals surface area contributed by atoms with Gasteiger partial charge >= 0.3 is 12.0 Å². The molecule has 1 saturated heterocycles. The molecule has 18 heavy (non-hydrogen) atoms. The van der Waals surface area contributed by atoms with E-state index in [0.717, 1.165) is 18.2 Å². The summed E-state index contributed by atoms with van der Waals surface area (Å²) in [6, 6.07) is 0.819. The SMILES string of the molecule is Cl.O=C1N[C@@H](c2cc(F)ccc2O)C(F)(F)CO1. The molecule has 100 valence electrons. The van der Waals surface area contributed by atoms with Crippen molar-refractivity contribution in [3.8, 4) is 5.75 Å². The van der Waals surface area contributed by atoms with Crippen LogP contribution in [0.2, 0.25) is 0 Å². The third-order valence-corrected chi connectivity index (χ3v) is 2.38. The van der Waals surface area contributed by atoms with E-state index in [1.165, 1.54) is 0 Å². The van der Waals surface area contributed by atoms with E-state index in [2.05, 4.69) is 4.74 Å². The lowest BCUT2D eigenvalue weighted by molar-refractivity contribution is -0.104. The van der Waals surface area contributed by atoms with E-state index >= 15 is 0 Å². The number of halogens is 4. The third-order valence-electron chi connectivity index (χ3n) is 2.38. The molecule has 1 amide bonds. The maximum Gasteiger partial charge on any atom is 0.408 e. The number of alkyl halides is 2.